The third-order valence-electron chi connectivity index (χ3n) is 12.1. The fraction of sp³-hybridized carbons (Fsp3) is 0.750. The summed E-state index contributed by atoms with van der Waals surface area (Å²) in [6.07, 6.45) is 12.5. The van der Waals surface area contributed by atoms with Gasteiger partial charge in [0.15, 0.2) is 0 Å². The predicted octanol–water partition coefficient (Wildman–Crippen LogP) is 6.20. The molecule has 4 aliphatic rings. The number of aliphatic hydroxyl groups excluding tert-OH is 2. The van der Waals surface area contributed by atoms with Crippen LogP contribution >= 0.6 is 0 Å². The summed E-state index contributed by atoms with van der Waals surface area (Å²) >= 11 is 0. The van der Waals surface area contributed by atoms with E-state index in [0.717, 1.165) is 61.0 Å². The summed E-state index contributed by atoms with van der Waals surface area (Å²) in [4.78, 5) is 9.53. The predicted molar refractivity (Wildman–Crippen MR) is 146 cm³/mol. The summed E-state index contributed by atoms with van der Waals surface area (Å²) in [7, 11) is 1.69. The first-order chi connectivity index (χ1) is 17.7. The standard InChI is InChI=1S/C32H46N2O3/c1-19(5-10-29-33-18-20-6-7-23(37-4)17-27(20)34-29)24-8-9-25-30-26(12-14-32(24,25)3)31(2)13-11-22(35)15-21(31)16-28(30)36/h6-7,17-19,21-22,24-26,28,30,35-36H,5,8-16H2,1-4H3/t19-,21+,22-,24-,25+,26?,28+,30+,31+,32-/m1/s1. The number of aryl methyl sites for hydroxylation is 1. The van der Waals surface area contributed by atoms with Crippen molar-refractivity contribution in [3.63, 3.8) is 0 Å². The molecule has 2 N–H and O–H groups in total. The molecule has 4 saturated carbocycles. The Hall–Kier alpha value is -1.72. The van der Waals surface area contributed by atoms with Crippen molar-refractivity contribution < 1.29 is 14.9 Å². The van der Waals surface area contributed by atoms with Gasteiger partial charge in [-0.15, -0.1) is 0 Å². The first-order valence-corrected chi connectivity index (χ1v) is 14.9. The molecular weight excluding hydrogens is 460 g/mol. The van der Waals surface area contributed by atoms with Crippen molar-refractivity contribution in [2.24, 2.45) is 46.3 Å². The normalized spacial score (nSPS) is 42.1. The van der Waals surface area contributed by atoms with Crippen LogP contribution in [0.25, 0.3) is 10.9 Å². The number of aliphatic hydroxyl groups is 2. The second kappa shape index (κ2) is 9.48. The number of methoxy groups -OCH3 is 1. The third kappa shape index (κ3) is 4.19. The highest BCUT2D eigenvalue weighted by atomic mass is 16.5. The van der Waals surface area contributed by atoms with Gasteiger partial charge in [-0.1, -0.05) is 20.8 Å². The Morgan fingerprint density at radius 2 is 1.81 bits per heavy atom. The smallest absolute Gasteiger partial charge is 0.128 e. The Labute approximate surface area is 222 Å². The van der Waals surface area contributed by atoms with Gasteiger partial charge >= 0.3 is 0 Å². The molecule has 202 valence electrons. The van der Waals surface area contributed by atoms with Crippen LogP contribution in [0.5, 0.6) is 5.75 Å². The van der Waals surface area contributed by atoms with Crippen LogP contribution in [0.2, 0.25) is 0 Å². The molecule has 1 aromatic carbocycles. The van der Waals surface area contributed by atoms with E-state index in [2.05, 4.69) is 25.8 Å². The van der Waals surface area contributed by atoms with Crippen LogP contribution in [0.3, 0.4) is 0 Å². The zero-order valence-electron chi connectivity index (χ0n) is 23.2. The van der Waals surface area contributed by atoms with Gasteiger partial charge in [-0.05, 0) is 116 Å². The van der Waals surface area contributed by atoms with Gasteiger partial charge < -0.3 is 14.9 Å². The van der Waals surface area contributed by atoms with E-state index in [1.807, 2.05) is 24.4 Å². The van der Waals surface area contributed by atoms with Gasteiger partial charge in [0.2, 0.25) is 0 Å². The number of nitrogens with zero attached hydrogens (tertiary/aromatic N) is 2. The van der Waals surface area contributed by atoms with Crippen LogP contribution in [0.1, 0.15) is 84.4 Å². The number of rotatable bonds is 5. The minimum Gasteiger partial charge on any atom is -0.497 e. The highest BCUT2D eigenvalue weighted by Crippen LogP contribution is 2.68. The number of hydrogen-bond donors (Lipinski definition) is 2. The van der Waals surface area contributed by atoms with Crippen LogP contribution in [0.4, 0.5) is 0 Å². The van der Waals surface area contributed by atoms with Crippen LogP contribution in [-0.2, 0) is 6.42 Å². The molecule has 0 bridgehead atoms. The summed E-state index contributed by atoms with van der Waals surface area (Å²) in [6, 6.07) is 5.98. The Kier molecular flexibility index (Phi) is 6.55. The topological polar surface area (TPSA) is 75.5 Å². The summed E-state index contributed by atoms with van der Waals surface area (Å²) in [6.45, 7) is 7.52. The Bertz CT molecular complexity index is 1140. The molecule has 5 nitrogen and oxygen atoms in total. The molecule has 1 aromatic heterocycles. The van der Waals surface area contributed by atoms with E-state index in [9.17, 15) is 10.2 Å². The summed E-state index contributed by atoms with van der Waals surface area (Å²) in [5.41, 5.74) is 1.57. The lowest BCUT2D eigenvalue weighted by atomic mass is 9.43. The van der Waals surface area contributed by atoms with Gasteiger partial charge in [0.05, 0.1) is 24.8 Å². The maximum absolute atomic E-state index is 11.5. The van der Waals surface area contributed by atoms with Gasteiger partial charge in [-0.3, -0.25) is 0 Å². The van der Waals surface area contributed by atoms with E-state index < -0.39 is 0 Å². The average molecular weight is 507 g/mol. The monoisotopic (exact) mass is 506 g/mol. The second-order valence-corrected chi connectivity index (χ2v) is 13.7. The van der Waals surface area contributed by atoms with Gasteiger partial charge in [0, 0.05) is 24.1 Å². The lowest BCUT2D eigenvalue weighted by Crippen LogP contribution is -2.58. The quantitative estimate of drug-likeness (QED) is 0.505. The minimum absolute atomic E-state index is 0.166. The fourth-order valence-electron chi connectivity index (χ4n) is 10.0. The van der Waals surface area contributed by atoms with Gasteiger partial charge in [-0.2, -0.15) is 0 Å². The van der Waals surface area contributed by atoms with Crippen LogP contribution in [-0.4, -0.2) is 39.5 Å². The maximum Gasteiger partial charge on any atom is 0.128 e. The second-order valence-electron chi connectivity index (χ2n) is 13.7. The molecular formula is C32H46N2O3. The molecule has 2 aromatic rings. The molecule has 0 radical (unpaired) electrons. The molecule has 1 heterocycles. The molecule has 0 aliphatic heterocycles. The van der Waals surface area contributed by atoms with Crippen molar-refractivity contribution in [1.82, 2.24) is 9.97 Å². The number of aromatic nitrogens is 2. The van der Waals surface area contributed by atoms with Crippen molar-refractivity contribution in [2.75, 3.05) is 7.11 Å². The van der Waals surface area contributed by atoms with E-state index >= 15 is 0 Å². The van der Waals surface area contributed by atoms with Crippen LogP contribution < -0.4 is 4.74 Å². The maximum atomic E-state index is 11.5. The van der Waals surface area contributed by atoms with E-state index in [4.69, 9.17) is 9.72 Å². The lowest BCUT2D eigenvalue weighted by molar-refractivity contribution is -0.174. The zero-order valence-corrected chi connectivity index (χ0v) is 23.2. The van der Waals surface area contributed by atoms with Crippen molar-refractivity contribution in [3.8, 4) is 5.75 Å². The molecule has 0 spiro atoms. The van der Waals surface area contributed by atoms with Gasteiger partial charge in [-0.25, -0.2) is 9.97 Å². The number of ether oxygens (including phenoxy) is 1. The number of benzene rings is 1. The summed E-state index contributed by atoms with van der Waals surface area (Å²) in [5.74, 6) is 5.24. The Balaban J connectivity index is 1.16. The zero-order chi connectivity index (χ0) is 25.9. The van der Waals surface area contributed by atoms with Crippen molar-refractivity contribution in [2.45, 2.75) is 97.2 Å². The van der Waals surface area contributed by atoms with Crippen LogP contribution in [0.15, 0.2) is 24.4 Å². The van der Waals surface area contributed by atoms with Gasteiger partial charge in [0.25, 0.3) is 0 Å². The van der Waals surface area contributed by atoms with E-state index in [-0.39, 0.29) is 12.2 Å². The molecule has 1 unspecified atom stereocenters. The molecule has 37 heavy (non-hydrogen) atoms. The van der Waals surface area contributed by atoms with E-state index in [0.29, 0.717) is 46.3 Å². The van der Waals surface area contributed by atoms with Crippen molar-refractivity contribution in [1.29, 1.82) is 0 Å². The SMILES string of the molecule is COc1ccc2cnc(CC[C@@H](C)[C@H]3CC[C@H]4[C@H]5C(CC[C@]34C)[C@@]3(C)CC[C@@H](O)C[C@H]3C[C@@H]5O)nc2c1. The first kappa shape index (κ1) is 25.6. The number of hydrogen-bond acceptors (Lipinski definition) is 5. The highest BCUT2D eigenvalue weighted by Gasteiger charge is 2.62. The Morgan fingerprint density at radius 1 is 1.03 bits per heavy atom. The lowest BCUT2D eigenvalue weighted by Gasteiger charge is -2.62. The van der Waals surface area contributed by atoms with Crippen molar-refractivity contribution in [3.05, 3.63) is 30.2 Å². The minimum atomic E-state index is -0.199. The molecule has 10 atom stereocenters. The van der Waals surface area contributed by atoms with E-state index in [1.165, 1.54) is 25.7 Å². The first-order valence-electron chi connectivity index (χ1n) is 14.9. The molecule has 4 fully saturated rings. The van der Waals surface area contributed by atoms with Crippen molar-refractivity contribution >= 4 is 10.9 Å². The average Bonchev–Trinajstić information content (AvgIpc) is 3.25. The summed E-state index contributed by atoms with van der Waals surface area (Å²) in [5, 5.41) is 22.9. The fourth-order valence-corrected chi connectivity index (χ4v) is 10.0. The molecule has 4 aliphatic carbocycles. The van der Waals surface area contributed by atoms with E-state index in [1.54, 1.807) is 7.11 Å². The molecule has 6 rings (SSSR count). The molecule has 5 heteroatoms. The number of fused-ring (bicyclic) bond motifs is 6. The Morgan fingerprint density at radius 3 is 2.62 bits per heavy atom. The molecule has 0 saturated heterocycles. The largest absolute Gasteiger partial charge is 0.497 e. The molecule has 0 amide bonds. The van der Waals surface area contributed by atoms with Crippen LogP contribution in [0, 0.1) is 46.3 Å². The third-order valence-corrected chi connectivity index (χ3v) is 12.1. The summed E-state index contributed by atoms with van der Waals surface area (Å²) < 4.78 is 5.39. The highest BCUT2D eigenvalue weighted by molar-refractivity contribution is 5.79. The van der Waals surface area contributed by atoms with Gasteiger partial charge in [0.1, 0.15) is 11.6 Å².